The van der Waals surface area contributed by atoms with Gasteiger partial charge in [-0.1, -0.05) is 33.8 Å². The minimum Gasteiger partial charge on any atom is -0.872 e. The van der Waals surface area contributed by atoms with Gasteiger partial charge in [-0.2, -0.15) is 7.11 Å². The summed E-state index contributed by atoms with van der Waals surface area (Å²) in [5, 5.41) is 19.7. The predicted octanol–water partition coefficient (Wildman–Crippen LogP) is -3.25. The van der Waals surface area contributed by atoms with Crippen LogP contribution in [0.15, 0.2) is 52.1 Å². The Hall–Kier alpha value is -1.08. The Bertz CT molecular complexity index is 622. The molecule has 0 aliphatic heterocycles. The van der Waals surface area contributed by atoms with Gasteiger partial charge in [-0.3, -0.25) is 9.98 Å². The summed E-state index contributed by atoms with van der Waals surface area (Å²) in [6, 6.07) is 10.7. The van der Waals surface area contributed by atoms with Gasteiger partial charge in [0.1, 0.15) is 0 Å². The van der Waals surface area contributed by atoms with Crippen LogP contribution < -0.4 is 28.8 Å². The van der Waals surface area contributed by atoms with E-state index in [1.54, 1.807) is 24.5 Å². The van der Waals surface area contributed by atoms with E-state index in [9.17, 15) is 5.11 Å². The van der Waals surface area contributed by atoms with Crippen molar-refractivity contribution >= 4 is 22.1 Å². The second-order valence-electron chi connectivity index (χ2n) is 3.85. The summed E-state index contributed by atoms with van der Waals surface area (Å²) in [6.45, 7) is 0.479. The summed E-state index contributed by atoms with van der Waals surface area (Å²) in [4.78, 5) is 8.35. The fourth-order valence-electron chi connectivity index (χ4n) is 1.35. The number of nitrogens with zero attached hydrogens (tertiary/aromatic N) is 2. The molecule has 0 aliphatic rings. The molecular weight excluding hydrogens is 466 g/mol. The maximum atomic E-state index is 11.5. The molecule has 8 nitrogen and oxygen atoms in total. The molecule has 1 aromatic heterocycles. The average molecular weight is 480 g/mol. The Morgan fingerprint density at radius 1 is 1.12 bits per heavy atom. The zero-order valence-corrected chi connectivity index (χ0v) is 16.1. The van der Waals surface area contributed by atoms with Gasteiger partial charge in [0.15, 0.2) is 0 Å². The standard InChI is InChI=1S/C13H11BrN2O.CH3O.ClHO4.Co/c14-11-4-5-13(17)10(7-11)8-15-9-12-3-1-2-6-16-12;1-2;2-1(3,4)5;/h1-8,17H,9H2;1H3;(H,2,3,4,5);/q;-1;;+3/p-2. The van der Waals surface area contributed by atoms with Crippen molar-refractivity contribution in [2.24, 2.45) is 4.99 Å². The van der Waals surface area contributed by atoms with E-state index in [4.69, 9.17) is 23.7 Å². The van der Waals surface area contributed by atoms with Crippen LogP contribution in [0, 0.1) is 10.2 Å². The number of rotatable bonds is 3. The van der Waals surface area contributed by atoms with E-state index in [0.717, 1.165) is 17.3 Å². The van der Waals surface area contributed by atoms with Gasteiger partial charge in [0.2, 0.25) is 0 Å². The summed E-state index contributed by atoms with van der Waals surface area (Å²) >= 11 is 3.32. The van der Waals surface area contributed by atoms with Crippen molar-refractivity contribution in [3.05, 3.63) is 58.3 Å². The third-order valence-corrected chi connectivity index (χ3v) is 2.67. The first-order chi connectivity index (χ1) is 11.3. The van der Waals surface area contributed by atoms with Crippen LogP contribution >= 0.6 is 15.9 Å². The first-order valence-corrected chi connectivity index (χ1v) is 8.17. The van der Waals surface area contributed by atoms with E-state index < -0.39 is 10.2 Å². The second-order valence-corrected chi connectivity index (χ2v) is 5.52. The number of aliphatic imine (C=N–C) groups is 1. The molecule has 0 aliphatic carbocycles. The van der Waals surface area contributed by atoms with Crippen LogP contribution in [0.25, 0.3) is 0 Å². The molecule has 1 heterocycles. The first kappa shape index (κ1) is 26.1. The number of pyridine rings is 1. The topological polar surface area (TPSA) is 164 Å². The van der Waals surface area contributed by atoms with Gasteiger partial charge in [0, 0.05) is 16.9 Å². The van der Waals surface area contributed by atoms with E-state index in [1.165, 1.54) is 6.07 Å². The monoisotopic (exact) mass is 478 g/mol. The number of hydrogen-bond donors (Lipinski definition) is 0. The third-order valence-electron chi connectivity index (χ3n) is 2.18. The van der Waals surface area contributed by atoms with Crippen LogP contribution in [0.4, 0.5) is 0 Å². The number of benzene rings is 1. The van der Waals surface area contributed by atoms with Crippen molar-refractivity contribution in [2.75, 3.05) is 7.11 Å². The Morgan fingerprint density at radius 2 is 1.72 bits per heavy atom. The van der Waals surface area contributed by atoms with Gasteiger partial charge in [-0.15, -0.1) is 10.2 Å². The Morgan fingerprint density at radius 3 is 2.24 bits per heavy atom. The SMILES string of the molecule is C[O-].[Co+3].[O-][Cl+3]([O-])([O-])[O-].[O-]c1ccc(Br)cc1C=NCc1ccccn1. The van der Waals surface area contributed by atoms with E-state index in [2.05, 4.69) is 25.9 Å². The van der Waals surface area contributed by atoms with Crippen LogP contribution in [0.5, 0.6) is 5.75 Å². The van der Waals surface area contributed by atoms with Crippen molar-refractivity contribution in [3.8, 4) is 5.75 Å². The van der Waals surface area contributed by atoms with E-state index in [1.807, 2.05) is 18.2 Å². The molecule has 0 saturated carbocycles. The van der Waals surface area contributed by atoms with Crippen LogP contribution in [-0.2, 0) is 23.3 Å². The molecule has 2 rings (SSSR count). The Labute approximate surface area is 165 Å². The van der Waals surface area contributed by atoms with Gasteiger partial charge in [0.05, 0.1) is 12.2 Å². The number of hydrogen-bond acceptors (Lipinski definition) is 8. The molecule has 1 aromatic carbocycles. The van der Waals surface area contributed by atoms with Gasteiger partial charge in [0.25, 0.3) is 0 Å². The smallest absolute Gasteiger partial charge is 0.872 e. The van der Waals surface area contributed by atoms with E-state index in [0.29, 0.717) is 12.1 Å². The van der Waals surface area contributed by atoms with E-state index >= 15 is 0 Å². The van der Waals surface area contributed by atoms with Crippen LogP contribution in [0.3, 0.4) is 0 Å². The van der Waals surface area contributed by atoms with Crippen molar-refractivity contribution < 1.29 is 55.9 Å². The fraction of sp³-hybridized carbons (Fsp3) is 0.143. The fourth-order valence-corrected chi connectivity index (χ4v) is 1.73. The maximum absolute atomic E-state index is 11.5. The molecule has 11 heteroatoms. The van der Waals surface area contributed by atoms with Crippen LogP contribution in [0.1, 0.15) is 11.3 Å². The van der Waals surface area contributed by atoms with Crippen LogP contribution in [0.2, 0.25) is 0 Å². The predicted molar refractivity (Wildman–Crippen MR) is 75.0 cm³/mol. The molecule has 0 unspecified atom stereocenters. The van der Waals surface area contributed by atoms with Crippen LogP contribution in [-0.4, -0.2) is 18.3 Å². The molecular formula is C14H13BrClCoN2O6. The summed E-state index contributed by atoms with van der Waals surface area (Å²) in [6.07, 6.45) is 3.31. The van der Waals surface area contributed by atoms with Gasteiger partial charge in [-0.25, -0.2) is 18.6 Å². The first-order valence-electron chi connectivity index (χ1n) is 6.14. The molecule has 0 amide bonds. The third kappa shape index (κ3) is 14.9. The zero-order valence-electron chi connectivity index (χ0n) is 12.8. The Kier molecular flexibility index (Phi) is 14.8. The van der Waals surface area contributed by atoms with Crippen molar-refractivity contribution in [1.29, 1.82) is 0 Å². The zero-order chi connectivity index (χ0) is 18.6. The maximum Gasteiger partial charge on any atom is 3.00 e. The van der Waals surface area contributed by atoms with Gasteiger partial charge >= 0.3 is 16.8 Å². The molecule has 138 valence electrons. The molecule has 0 fully saturated rings. The quantitative estimate of drug-likeness (QED) is 0.417. The molecule has 25 heavy (non-hydrogen) atoms. The molecule has 0 N–H and O–H groups in total. The normalized spacial score (nSPS) is 10.0. The number of aromatic nitrogens is 1. The summed E-state index contributed by atoms with van der Waals surface area (Å²) in [7, 11) is -4.19. The Balaban J connectivity index is 0. The van der Waals surface area contributed by atoms with E-state index in [-0.39, 0.29) is 22.5 Å². The summed E-state index contributed by atoms with van der Waals surface area (Å²) in [5.41, 5.74) is 1.46. The summed E-state index contributed by atoms with van der Waals surface area (Å²) < 4.78 is 34.8. The average Bonchev–Trinajstić information content (AvgIpc) is 2.52. The molecule has 2 aromatic rings. The second kappa shape index (κ2) is 14.1. The molecule has 0 saturated heterocycles. The molecule has 0 atom stereocenters. The molecule has 0 bridgehead atoms. The number of halogens is 2. The van der Waals surface area contributed by atoms with Gasteiger partial charge in [-0.05, 0) is 29.8 Å². The minimum atomic E-state index is -4.94. The van der Waals surface area contributed by atoms with Crippen molar-refractivity contribution in [3.63, 3.8) is 0 Å². The van der Waals surface area contributed by atoms with Crippen molar-refractivity contribution in [2.45, 2.75) is 6.54 Å². The molecule has 0 radical (unpaired) electrons. The molecule has 0 spiro atoms. The minimum absolute atomic E-state index is 0. The van der Waals surface area contributed by atoms with Gasteiger partial charge < -0.3 is 10.2 Å². The largest absolute Gasteiger partial charge is 3.00 e. The summed E-state index contributed by atoms with van der Waals surface area (Å²) in [5.74, 6) is -0.0297. The van der Waals surface area contributed by atoms with Crippen molar-refractivity contribution in [1.82, 2.24) is 4.98 Å².